The number of fused-ring (bicyclic) bond motifs is 2. The molecule has 9 aromatic rings. The molecule has 0 saturated heterocycles. The van der Waals surface area contributed by atoms with E-state index < -0.39 is 83.4 Å². The van der Waals surface area contributed by atoms with E-state index in [4.69, 9.17) is 66.3 Å². The topological polar surface area (TPSA) is 306 Å². The minimum absolute atomic E-state index is 0.00846. The van der Waals surface area contributed by atoms with Crippen molar-refractivity contribution >= 4 is 103 Å². The van der Waals surface area contributed by atoms with Gasteiger partial charge in [0.1, 0.15) is 84.5 Å². The third kappa shape index (κ3) is 20.7. The van der Waals surface area contributed by atoms with Crippen LogP contribution in [0.5, 0.6) is 46.0 Å². The highest BCUT2D eigenvalue weighted by molar-refractivity contribution is 6.45. The van der Waals surface area contributed by atoms with E-state index in [-0.39, 0.29) is 204 Å². The standard InChI is InChI=1S/C94H98N2O24/c1-11-39-115-93(105)87(57(9)13-3)95-89(101)67-53-71(117-63-27-19-59(20-28-63)35-41-107-45-49-111-75(97)15-5)81-83-73(119-65-31-23-61(24-32-65)37-43-109-47-51-113-77(99)17-7)55-69-80-70(92(104)96(91(69)103)88(58(10)14-4)94(106)116-40-12-2)56-74(120-66-33-25-62(26-34-66)38-44-110-48-52-114-78(100)18-8)84(86(80)83)82-72(54-68(90(95)102)79(67)85(81)82)118-64-29-21-60(22-30-64)36-42-108-46-50-112-76(98)16-6/h15-34,53-58,87-88H,5-8,11-14,35-52H2,1-4,9-10H3. The zero-order valence-corrected chi connectivity index (χ0v) is 68.2. The Hall–Kier alpha value is -12.6. The summed E-state index contributed by atoms with van der Waals surface area (Å²) >= 11 is 0. The zero-order chi connectivity index (χ0) is 85.5. The number of imide groups is 2. The van der Waals surface area contributed by atoms with Crippen molar-refractivity contribution in [2.45, 2.75) is 105 Å². The highest BCUT2D eigenvalue weighted by atomic mass is 16.6. The number of hydrogen-bond acceptors (Lipinski definition) is 24. The predicted molar refractivity (Wildman–Crippen MR) is 446 cm³/mol. The van der Waals surface area contributed by atoms with Crippen LogP contribution in [0, 0.1) is 11.8 Å². The number of benzene rings is 9. The van der Waals surface area contributed by atoms with E-state index in [1.54, 1.807) is 62.4 Å². The molecule has 0 aromatic heterocycles. The summed E-state index contributed by atoms with van der Waals surface area (Å²) in [6, 6.07) is 31.5. The molecule has 26 heteroatoms. The molecule has 9 aromatic carbocycles. The van der Waals surface area contributed by atoms with Crippen LogP contribution in [-0.4, -0.2) is 174 Å². The normalized spacial score (nSPS) is 13.3. The lowest BCUT2D eigenvalue weighted by Gasteiger charge is -2.37. The molecule has 11 rings (SSSR count). The average Bonchev–Trinajstić information content (AvgIpc) is 0.669. The molecule has 0 saturated carbocycles. The molecule has 4 amide bonds. The Balaban J connectivity index is 1.22. The first kappa shape index (κ1) is 88.2. The molecule has 0 fully saturated rings. The molecule has 2 aliphatic heterocycles. The fourth-order valence-corrected chi connectivity index (χ4v) is 14.2. The molecule has 4 atom stereocenters. The number of ether oxygens (including phenoxy) is 14. The number of carbonyl (C=O) groups is 10. The van der Waals surface area contributed by atoms with Gasteiger partial charge in [0.15, 0.2) is 0 Å². The molecule has 4 unspecified atom stereocenters. The fourth-order valence-electron chi connectivity index (χ4n) is 14.2. The van der Waals surface area contributed by atoms with E-state index in [2.05, 4.69) is 26.3 Å². The van der Waals surface area contributed by atoms with Crippen LogP contribution in [0.15, 0.2) is 172 Å². The van der Waals surface area contributed by atoms with Gasteiger partial charge in [0, 0.05) is 67.4 Å². The second-order valence-corrected chi connectivity index (χ2v) is 28.6. The van der Waals surface area contributed by atoms with Crippen LogP contribution >= 0.6 is 0 Å². The van der Waals surface area contributed by atoms with E-state index in [0.29, 0.717) is 51.4 Å². The van der Waals surface area contributed by atoms with Crippen LogP contribution in [0.2, 0.25) is 0 Å². The van der Waals surface area contributed by atoms with E-state index in [9.17, 15) is 28.8 Å². The van der Waals surface area contributed by atoms with Crippen LogP contribution in [0.3, 0.4) is 0 Å². The first-order valence-corrected chi connectivity index (χ1v) is 40.2. The van der Waals surface area contributed by atoms with Crippen LogP contribution in [0.4, 0.5) is 0 Å². The molecule has 0 radical (unpaired) electrons. The van der Waals surface area contributed by atoms with E-state index in [1.165, 1.54) is 24.3 Å². The Kier molecular flexibility index (Phi) is 31.0. The lowest BCUT2D eigenvalue weighted by molar-refractivity contribution is -0.151. The molecular weight excluding hydrogens is 1540 g/mol. The van der Waals surface area contributed by atoms with Crippen molar-refractivity contribution in [2.75, 3.05) is 92.5 Å². The Labute approximate surface area is 695 Å². The second-order valence-electron chi connectivity index (χ2n) is 28.6. The number of rotatable bonds is 48. The fraction of sp³-hybridized carbons (Fsp3) is 0.340. The molecule has 0 N–H and O–H groups in total. The summed E-state index contributed by atoms with van der Waals surface area (Å²) in [6.45, 7) is 26.1. The Morgan fingerprint density at radius 1 is 0.308 bits per heavy atom. The predicted octanol–water partition coefficient (Wildman–Crippen LogP) is 16.0. The van der Waals surface area contributed by atoms with Crippen molar-refractivity contribution in [1.82, 2.24) is 9.80 Å². The summed E-state index contributed by atoms with van der Waals surface area (Å²) in [4.78, 5) is 144. The number of nitrogens with zero attached hydrogens (tertiary/aromatic N) is 2. The van der Waals surface area contributed by atoms with Crippen LogP contribution in [0.25, 0.3) is 43.1 Å². The summed E-state index contributed by atoms with van der Waals surface area (Å²) in [5.41, 5.74) is 2.94. The second kappa shape index (κ2) is 42.2. The summed E-state index contributed by atoms with van der Waals surface area (Å²) in [6.07, 6.45) is 7.47. The third-order valence-electron chi connectivity index (χ3n) is 20.6. The highest BCUT2D eigenvalue weighted by Crippen LogP contribution is 2.58. The molecule has 120 heavy (non-hydrogen) atoms. The maximum atomic E-state index is 16.4. The quantitative estimate of drug-likeness (QED) is 0.00650. The van der Waals surface area contributed by atoms with E-state index in [0.717, 1.165) is 56.4 Å². The van der Waals surface area contributed by atoms with Crippen LogP contribution in [-0.2, 0) is 102 Å². The van der Waals surface area contributed by atoms with Gasteiger partial charge in [-0.3, -0.25) is 29.0 Å². The van der Waals surface area contributed by atoms with Crippen LogP contribution < -0.4 is 18.9 Å². The van der Waals surface area contributed by atoms with Gasteiger partial charge >= 0.3 is 35.8 Å². The maximum Gasteiger partial charge on any atom is 0.330 e. The summed E-state index contributed by atoms with van der Waals surface area (Å²) in [7, 11) is 0. The molecule has 0 aliphatic carbocycles. The largest absolute Gasteiger partial charge is 0.464 e. The molecular formula is C94H98N2O24. The van der Waals surface area contributed by atoms with Crippen molar-refractivity contribution in [2.24, 2.45) is 11.8 Å². The van der Waals surface area contributed by atoms with Crippen molar-refractivity contribution in [1.29, 1.82) is 0 Å². The van der Waals surface area contributed by atoms with Crippen molar-refractivity contribution < 1.29 is 114 Å². The molecule has 628 valence electrons. The zero-order valence-electron chi connectivity index (χ0n) is 68.2. The summed E-state index contributed by atoms with van der Waals surface area (Å²) in [5, 5.41) is 1.22. The average molecular weight is 1640 g/mol. The Bertz CT molecular complexity index is 4680. The molecule has 0 spiro atoms. The number of esters is 6. The lowest BCUT2D eigenvalue weighted by Crippen LogP contribution is -2.54. The molecule has 26 nitrogen and oxygen atoms in total. The SMILES string of the molecule is C=CC(=O)OCCOCCc1ccc(Oc2cc3c4c(cc(Oc5ccc(CCOCCOC(=O)C=C)cc5)c5c6c(Oc7ccc(CCOCCOC(=O)C=C)cc7)cc7c8c(cc(Oc9ccc(CCOCCOC(=O)C=C)cc9)c(c2c45)c86)C(=O)N(C(C(=O)OCCC)C(C)CC)C7=O)C(=O)N(C(C(=O)OCCC)C(C)CC)C3=O)cc1. The number of amides is 4. The van der Waals surface area contributed by atoms with Gasteiger partial charge in [-0.25, -0.2) is 28.8 Å². The smallest absolute Gasteiger partial charge is 0.330 e. The first-order chi connectivity index (χ1) is 58.2. The minimum Gasteiger partial charge on any atom is -0.464 e. The van der Waals surface area contributed by atoms with Gasteiger partial charge in [0.2, 0.25) is 0 Å². The van der Waals surface area contributed by atoms with Gasteiger partial charge in [-0.1, -0.05) is 129 Å². The number of hydrogen-bond donors (Lipinski definition) is 0. The Morgan fingerprint density at radius 3 is 0.750 bits per heavy atom. The van der Waals surface area contributed by atoms with Crippen molar-refractivity contribution in [3.63, 3.8) is 0 Å². The molecule has 2 heterocycles. The minimum atomic E-state index is -1.45. The lowest BCUT2D eigenvalue weighted by atomic mass is 9.80. The van der Waals surface area contributed by atoms with Gasteiger partial charge < -0.3 is 66.3 Å². The van der Waals surface area contributed by atoms with Crippen molar-refractivity contribution in [3.05, 3.63) is 216 Å². The van der Waals surface area contributed by atoms with E-state index >= 15 is 19.2 Å². The Morgan fingerprint density at radius 2 is 0.542 bits per heavy atom. The first-order valence-electron chi connectivity index (χ1n) is 40.2. The van der Waals surface area contributed by atoms with Crippen LogP contribution in [0.1, 0.15) is 131 Å². The molecule has 2 aliphatic rings. The summed E-state index contributed by atoms with van der Waals surface area (Å²) < 4.78 is 84.6. The molecule has 0 bridgehead atoms. The summed E-state index contributed by atoms with van der Waals surface area (Å²) in [5.74, 6) is -7.86. The van der Waals surface area contributed by atoms with Gasteiger partial charge in [-0.2, -0.15) is 0 Å². The third-order valence-corrected chi connectivity index (χ3v) is 20.6. The maximum absolute atomic E-state index is 16.4. The van der Waals surface area contributed by atoms with Crippen molar-refractivity contribution in [3.8, 4) is 46.0 Å². The highest BCUT2D eigenvalue weighted by Gasteiger charge is 2.48. The van der Waals surface area contributed by atoms with Gasteiger partial charge in [0.25, 0.3) is 23.6 Å². The van der Waals surface area contributed by atoms with Gasteiger partial charge in [-0.15, -0.1) is 0 Å². The van der Waals surface area contributed by atoms with E-state index in [1.807, 2.05) is 76.2 Å². The van der Waals surface area contributed by atoms with Gasteiger partial charge in [-0.05, 0) is 145 Å². The number of carbonyl (C=O) groups excluding carboxylic acids is 10. The monoisotopic (exact) mass is 1640 g/mol. The van der Waals surface area contributed by atoms with Gasteiger partial charge in [0.05, 0.1) is 88.3 Å².